The molecular formula is C28H29N5O4S. The summed E-state index contributed by atoms with van der Waals surface area (Å²) in [5.74, 6) is 0.439. The van der Waals surface area contributed by atoms with Gasteiger partial charge in [-0.3, -0.25) is 4.79 Å². The van der Waals surface area contributed by atoms with Crippen molar-refractivity contribution in [1.29, 1.82) is 0 Å². The normalized spacial score (nSPS) is 16.0. The predicted octanol–water partition coefficient (Wildman–Crippen LogP) is 3.22. The number of pyridine rings is 1. The highest BCUT2D eigenvalue weighted by Crippen LogP contribution is 2.26. The lowest BCUT2D eigenvalue weighted by molar-refractivity contribution is 0.0730. The number of hydrogen-bond donors (Lipinski definition) is 1. The number of sulfonamides is 1. The summed E-state index contributed by atoms with van der Waals surface area (Å²) < 4.78 is 33.9. The van der Waals surface area contributed by atoms with Crippen molar-refractivity contribution in [3.8, 4) is 5.69 Å². The zero-order valence-corrected chi connectivity index (χ0v) is 21.8. The average Bonchev–Trinajstić information content (AvgIpc) is 3.42. The maximum Gasteiger partial charge on any atom is 0.229 e. The van der Waals surface area contributed by atoms with Crippen molar-refractivity contribution in [1.82, 2.24) is 18.8 Å². The average molecular weight is 532 g/mol. The van der Waals surface area contributed by atoms with E-state index in [1.807, 2.05) is 28.8 Å². The number of aromatic nitrogens is 3. The first-order valence-electron chi connectivity index (χ1n) is 12.9. The number of fused-ring (bicyclic) bond motifs is 2. The van der Waals surface area contributed by atoms with Gasteiger partial charge in [0.15, 0.2) is 11.1 Å². The van der Waals surface area contributed by atoms with E-state index < -0.39 is 10.0 Å². The van der Waals surface area contributed by atoms with Gasteiger partial charge in [0.2, 0.25) is 16.0 Å². The molecule has 196 valence electrons. The monoisotopic (exact) mass is 531 g/mol. The van der Waals surface area contributed by atoms with Crippen LogP contribution in [0.2, 0.25) is 0 Å². The number of morpholine rings is 1. The van der Waals surface area contributed by atoms with Crippen LogP contribution in [0.25, 0.3) is 16.7 Å². The summed E-state index contributed by atoms with van der Waals surface area (Å²) in [5.41, 5.74) is 5.82. The number of hydrogen-bond acceptors (Lipinski definition) is 7. The van der Waals surface area contributed by atoms with Gasteiger partial charge in [0.1, 0.15) is 0 Å². The molecule has 9 nitrogen and oxygen atoms in total. The van der Waals surface area contributed by atoms with Crippen LogP contribution >= 0.6 is 0 Å². The first-order valence-corrected chi connectivity index (χ1v) is 14.5. The summed E-state index contributed by atoms with van der Waals surface area (Å²) in [6.45, 7) is 1.72. The van der Waals surface area contributed by atoms with E-state index in [1.165, 1.54) is 21.9 Å². The number of nitrogens with one attached hydrogen (secondary N) is 1. The van der Waals surface area contributed by atoms with Crippen molar-refractivity contribution < 1.29 is 13.2 Å². The van der Waals surface area contributed by atoms with Crippen LogP contribution in [-0.4, -0.2) is 59.3 Å². The fourth-order valence-corrected chi connectivity index (χ4v) is 6.55. The predicted molar refractivity (Wildman–Crippen MR) is 147 cm³/mol. The van der Waals surface area contributed by atoms with Gasteiger partial charge < -0.3 is 14.6 Å². The maximum absolute atomic E-state index is 12.6. The fourth-order valence-electron chi connectivity index (χ4n) is 5.09. The largest absolute Gasteiger partial charge is 0.379 e. The highest BCUT2D eigenvalue weighted by Gasteiger charge is 2.23. The molecule has 2 aromatic carbocycles. The molecule has 0 unspecified atom stereocenters. The zero-order chi connectivity index (χ0) is 26.1. The molecule has 10 heteroatoms. The van der Waals surface area contributed by atoms with Gasteiger partial charge in [-0.1, -0.05) is 18.2 Å². The summed E-state index contributed by atoms with van der Waals surface area (Å²) >= 11 is 0. The quantitative estimate of drug-likeness (QED) is 0.390. The molecule has 0 spiro atoms. The molecule has 0 radical (unpaired) electrons. The van der Waals surface area contributed by atoms with E-state index in [4.69, 9.17) is 4.74 Å². The van der Waals surface area contributed by atoms with Crippen molar-refractivity contribution in [3.05, 3.63) is 87.8 Å². The van der Waals surface area contributed by atoms with Crippen molar-refractivity contribution in [2.24, 2.45) is 0 Å². The molecule has 2 aliphatic rings. The number of rotatable bonds is 7. The standard InChI is InChI=1S/C28H29N5O4S/c34-26-10-12-33(24-9-6-21-2-1-3-22(21)18-24)27-25(26)19-29-28(31-27)30-23-7-4-20(5-8-23)11-17-38(35,36)32-13-15-37-16-14-32/h4-10,12,18-19H,1-3,11,13-17H2,(H,29,30,31). The first kappa shape index (κ1) is 24.7. The summed E-state index contributed by atoms with van der Waals surface area (Å²) in [5, 5.41) is 3.66. The topological polar surface area (TPSA) is 106 Å². The van der Waals surface area contributed by atoms with Crippen molar-refractivity contribution in [2.45, 2.75) is 25.7 Å². The zero-order valence-electron chi connectivity index (χ0n) is 21.0. The van der Waals surface area contributed by atoms with Gasteiger partial charge in [-0.05, 0) is 66.6 Å². The minimum Gasteiger partial charge on any atom is -0.379 e. The van der Waals surface area contributed by atoms with E-state index in [1.54, 1.807) is 18.5 Å². The molecule has 1 N–H and O–H groups in total. The van der Waals surface area contributed by atoms with Gasteiger partial charge in [0, 0.05) is 42.9 Å². The molecule has 38 heavy (non-hydrogen) atoms. The molecular weight excluding hydrogens is 502 g/mol. The van der Waals surface area contributed by atoms with Gasteiger partial charge >= 0.3 is 0 Å². The number of ether oxygens (including phenoxy) is 1. The number of nitrogens with zero attached hydrogens (tertiary/aromatic N) is 4. The second kappa shape index (κ2) is 10.3. The molecule has 0 saturated carbocycles. The maximum atomic E-state index is 12.6. The molecule has 4 aromatic rings. The van der Waals surface area contributed by atoms with Gasteiger partial charge in [-0.25, -0.2) is 13.4 Å². The van der Waals surface area contributed by atoms with Crippen LogP contribution in [-0.2, 0) is 34.0 Å². The molecule has 0 atom stereocenters. The Morgan fingerprint density at radius 2 is 1.76 bits per heavy atom. The van der Waals surface area contributed by atoms with E-state index in [0.717, 1.165) is 29.8 Å². The van der Waals surface area contributed by atoms with Crippen LogP contribution in [0.3, 0.4) is 0 Å². The van der Waals surface area contributed by atoms with Gasteiger partial charge in [-0.15, -0.1) is 0 Å². The Kier molecular flexibility index (Phi) is 6.69. The van der Waals surface area contributed by atoms with Crippen LogP contribution in [0.5, 0.6) is 0 Å². The van der Waals surface area contributed by atoms with E-state index in [2.05, 4.69) is 33.5 Å². The third-order valence-corrected chi connectivity index (χ3v) is 9.09. The molecule has 3 heterocycles. The summed E-state index contributed by atoms with van der Waals surface area (Å²) in [6, 6.07) is 15.5. The highest BCUT2D eigenvalue weighted by molar-refractivity contribution is 7.89. The SMILES string of the molecule is O=c1ccn(-c2ccc3c(c2)CCC3)c2nc(Nc3ccc(CCS(=O)(=O)N4CCOCC4)cc3)ncc12. The van der Waals surface area contributed by atoms with Gasteiger partial charge in [-0.2, -0.15) is 9.29 Å². The highest BCUT2D eigenvalue weighted by atomic mass is 32.2. The Balaban J connectivity index is 1.20. The van der Waals surface area contributed by atoms with Crippen LogP contribution < -0.4 is 10.7 Å². The molecule has 6 rings (SSSR count). The molecule has 2 aromatic heterocycles. The fraction of sp³-hybridized carbons (Fsp3) is 0.321. The van der Waals surface area contributed by atoms with Crippen LogP contribution in [0, 0.1) is 0 Å². The minimum atomic E-state index is -3.31. The lowest BCUT2D eigenvalue weighted by Crippen LogP contribution is -2.42. The Morgan fingerprint density at radius 1 is 0.974 bits per heavy atom. The van der Waals surface area contributed by atoms with E-state index >= 15 is 0 Å². The number of aryl methyl sites for hydroxylation is 3. The second-order valence-electron chi connectivity index (χ2n) is 9.69. The second-order valence-corrected chi connectivity index (χ2v) is 11.8. The molecule has 0 bridgehead atoms. The molecule has 1 saturated heterocycles. The first-order chi connectivity index (χ1) is 18.5. The van der Waals surface area contributed by atoms with E-state index in [9.17, 15) is 13.2 Å². The molecule has 1 fully saturated rings. The van der Waals surface area contributed by atoms with E-state index in [0.29, 0.717) is 49.7 Å². The Bertz CT molecular complexity index is 1640. The lowest BCUT2D eigenvalue weighted by atomic mass is 10.1. The summed E-state index contributed by atoms with van der Waals surface area (Å²) in [7, 11) is -3.31. The van der Waals surface area contributed by atoms with Gasteiger partial charge in [0.25, 0.3) is 0 Å². The number of anilines is 2. The van der Waals surface area contributed by atoms with Crippen molar-refractivity contribution >= 4 is 32.7 Å². The summed E-state index contributed by atoms with van der Waals surface area (Å²) in [4.78, 5) is 21.6. The third-order valence-electron chi connectivity index (χ3n) is 7.22. The van der Waals surface area contributed by atoms with Crippen molar-refractivity contribution in [2.75, 3.05) is 37.4 Å². The number of benzene rings is 2. The third kappa shape index (κ3) is 5.07. The summed E-state index contributed by atoms with van der Waals surface area (Å²) in [6.07, 6.45) is 7.10. The van der Waals surface area contributed by atoms with E-state index in [-0.39, 0.29) is 11.2 Å². The minimum absolute atomic E-state index is 0.0633. The van der Waals surface area contributed by atoms with Gasteiger partial charge in [0.05, 0.1) is 24.4 Å². The lowest BCUT2D eigenvalue weighted by Gasteiger charge is -2.26. The molecule has 0 amide bonds. The Morgan fingerprint density at radius 3 is 2.58 bits per heavy atom. The molecule has 1 aliphatic heterocycles. The molecule has 1 aliphatic carbocycles. The van der Waals surface area contributed by atoms with Crippen LogP contribution in [0.15, 0.2) is 65.7 Å². The van der Waals surface area contributed by atoms with Crippen molar-refractivity contribution in [3.63, 3.8) is 0 Å². The van der Waals surface area contributed by atoms with Crippen LogP contribution in [0.1, 0.15) is 23.1 Å². The van der Waals surface area contributed by atoms with Crippen LogP contribution in [0.4, 0.5) is 11.6 Å². The Hall–Kier alpha value is -3.60. The Labute approximate surface area is 221 Å². The smallest absolute Gasteiger partial charge is 0.229 e.